The van der Waals surface area contributed by atoms with E-state index in [0.717, 1.165) is 12.5 Å². The van der Waals surface area contributed by atoms with Gasteiger partial charge in [-0.15, -0.1) is 0 Å². The largest absolute Gasteiger partial charge is 0.467 e. The van der Waals surface area contributed by atoms with Crippen molar-refractivity contribution in [3.63, 3.8) is 0 Å². The van der Waals surface area contributed by atoms with Crippen molar-refractivity contribution in [2.75, 3.05) is 18.4 Å². The Morgan fingerprint density at radius 1 is 1.25 bits per heavy atom. The van der Waals surface area contributed by atoms with Crippen molar-refractivity contribution >= 4 is 21.4 Å². The molecule has 0 saturated carbocycles. The first-order valence-electron chi connectivity index (χ1n) is 9.27. The lowest BCUT2D eigenvalue weighted by Crippen LogP contribution is -2.42. The minimum absolute atomic E-state index is 0.0586. The molecule has 8 nitrogen and oxygen atoms in total. The van der Waals surface area contributed by atoms with Crippen LogP contribution in [0.15, 0.2) is 45.9 Å². The minimum Gasteiger partial charge on any atom is -0.467 e. The summed E-state index contributed by atoms with van der Waals surface area (Å²) in [5, 5.41) is 14.6. The molecule has 28 heavy (non-hydrogen) atoms. The smallest absolute Gasteiger partial charge is 0.293 e. The standard InChI is InChI=1S/C19H25N3O5S/c1-13-9-14(2)12-21(11-13)28(25,26)16-6-7-17(18(10-16)22(23)24)20-15(3)19-5-4-8-27-19/h4-8,10,13-15,20H,9,11-12H2,1-3H3/t13-,14+,15-/m0/s1. The Labute approximate surface area is 164 Å². The third-order valence-corrected chi connectivity index (χ3v) is 6.81. The summed E-state index contributed by atoms with van der Waals surface area (Å²) >= 11 is 0. The minimum atomic E-state index is -3.79. The van der Waals surface area contributed by atoms with E-state index in [4.69, 9.17) is 4.42 Å². The van der Waals surface area contributed by atoms with E-state index in [2.05, 4.69) is 5.32 Å². The quantitative estimate of drug-likeness (QED) is 0.572. The monoisotopic (exact) mass is 407 g/mol. The summed E-state index contributed by atoms with van der Waals surface area (Å²) in [6.07, 6.45) is 2.50. The number of rotatable bonds is 6. The maximum atomic E-state index is 13.0. The van der Waals surface area contributed by atoms with E-state index >= 15 is 0 Å². The van der Waals surface area contributed by atoms with Gasteiger partial charge in [-0.2, -0.15) is 4.31 Å². The fraction of sp³-hybridized carbons (Fsp3) is 0.474. The van der Waals surface area contributed by atoms with Crippen LogP contribution in [-0.2, 0) is 10.0 Å². The highest BCUT2D eigenvalue weighted by atomic mass is 32.2. The number of piperidine rings is 1. The second-order valence-electron chi connectivity index (χ2n) is 7.59. The van der Waals surface area contributed by atoms with Crippen LogP contribution in [0.1, 0.15) is 39.0 Å². The molecule has 0 spiro atoms. The first-order valence-corrected chi connectivity index (χ1v) is 10.7. The Morgan fingerprint density at radius 2 is 1.93 bits per heavy atom. The molecule has 1 fully saturated rings. The van der Waals surface area contributed by atoms with Crippen molar-refractivity contribution in [2.45, 2.75) is 38.1 Å². The third kappa shape index (κ3) is 4.20. The summed E-state index contributed by atoms with van der Waals surface area (Å²) in [6, 6.07) is 7.19. The predicted octanol–water partition coefficient (Wildman–Crippen LogP) is 4.03. The SMILES string of the molecule is C[C@@H]1C[C@H](C)CN(S(=O)(=O)c2ccc(N[C@@H](C)c3ccco3)c([N+](=O)[O-])c2)C1. The van der Waals surface area contributed by atoms with Crippen LogP contribution in [0.3, 0.4) is 0 Å². The lowest BCUT2D eigenvalue weighted by molar-refractivity contribution is -0.384. The van der Waals surface area contributed by atoms with Crippen LogP contribution < -0.4 is 5.32 Å². The zero-order chi connectivity index (χ0) is 20.5. The van der Waals surface area contributed by atoms with E-state index in [1.165, 1.54) is 22.7 Å². The highest BCUT2D eigenvalue weighted by Crippen LogP contribution is 2.33. The maximum Gasteiger partial charge on any atom is 0.293 e. The molecular formula is C19H25N3O5S. The maximum absolute atomic E-state index is 13.0. The van der Waals surface area contributed by atoms with Gasteiger partial charge in [0, 0.05) is 19.2 Å². The molecule has 0 amide bonds. The van der Waals surface area contributed by atoms with Crippen molar-refractivity contribution in [3.05, 3.63) is 52.5 Å². The van der Waals surface area contributed by atoms with Crippen molar-refractivity contribution in [1.82, 2.24) is 4.31 Å². The Bertz CT molecular complexity index is 932. The zero-order valence-electron chi connectivity index (χ0n) is 16.2. The van der Waals surface area contributed by atoms with E-state index in [1.807, 2.05) is 20.8 Å². The van der Waals surface area contributed by atoms with Gasteiger partial charge in [0.2, 0.25) is 10.0 Å². The molecule has 0 radical (unpaired) electrons. The number of sulfonamides is 1. The van der Waals surface area contributed by atoms with Gasteiger partial charge in [-0.1, -0.05) is 13.8 Å². The number of benzene rings is 1. The normalized spacial score (nSPS) is 22.0. The number of hydrogen-bond acceptors (Lipinski definition) is 6. The molecule has 0 aliphatic carbocycles. The molecule has 1 aliphatic rings. The first kappa shape index (κ1) is 20.3. The van der Waals surface area contributed by atoms with Crippen LogP contribution in [0.25, 0.3) is 0 Å². The average Bonchev–Trinajstić information content (AvgIpc) is 3.15. The van der Waals surface area contributed by atoms with Gasteiger partial charge in [0.05, 0.1) is 22.1 Å². The molecular weight excluding hydrogens is 382 g/mol. The van der Waals surface area contributed by atoms with Crippen LogP contribution in [0.2, 0.25) is 0 Å². The zero-order valence-corrected chi connectivity index (χ0v) is 17.0. The molecule has 1 aliphatic heterocycles. The number of nitrogens with zero attached hydrogens (tertiary/aromatic N) is 2. The number of anilines is 1. The number of hydrogen-bond donors (Lipinski definition) is 1. The van der Waals surface area contributed by atoms with Gasteiger partial charge in [0.25, 0.3) is 5.69 Å². The molecule has 9 heteroatoms. The summed E-state index contributed by atoms with van der Waals surface area (Å²) in [4.78, 5) is 11.0. The third-order valence-electron chi connectivity index (χ3n) is 4.98. The Hall–Kier alpha value is -2.39. The van der Waals surface area contributed by atoms with Gasteiger partial charge < -0.3 is 9.73 Å². The molecule has 1 aromatic carbocycles. The summed E-state index contributed by atoms with van der Waals surface area (Å²) in [5.74, 6) is 1.13. The summed E-state index contributed by atoms with van der Waals surface area (Å²) < 4.78 is 32.8. The van der Waals surface area contributed by atoms with Crippen LogP contribution >= 0.6 is 0 Å². The number of furan rings is 1. The number of nitro benzene ring substituents is 1. The van der Waals surface area contributed by atoms with E-state index in [1.54, 1.807) is 12.1 Å². The van der Waals surface area contributed by atoms with Gasteiger partial charge in [0.15, 0.2) is 0 Å². The fourth-order valence-electron chi connectivity index (χ4n) is 3.74. The number of nitrogens with one attached hydrogen (secondary N) is 1. The molecule has 2 heterocycles. The molecule has 1 N–H and O–H groups in total. The highest BCUT2D eigenvalue weighted by Gasteiger charge is 2.33. The van der Waals surface area contributed by atoms with E-state index in [-0.39, 0.29) is 34.1 Å². The lowest BCUT2D eigenvalue weighted by atomic mass is 9.94. The van der Waals surface area contributed by atoms with Crippen molar-refractivity contribution in [2.24, 2.45) is 11.8 Å². The van der Waals surface area contributed by atoms with Gasteiger partial charge in [-0.05, 0) is 49.4 Å². The summed E-state index contributed by atoms with van der Waals surface area (Å²) in [7, 11) is -3.79. The van der Waals surface area contributed by atoms with Gasteiger partial charge in [-0.25, -0.2) is 8.42 Å². The molecule has 3 rings (SSSR count). The second-order valence-corrected chi connectivity index (χ2v) is 9.52. The lowest BCUT2D eigenvalue weighted by Gasteiger charge is -2.34. The van der Waals surface area contributed by atoms with Gasteiger partial charge in [-0.3, -0.25) is 10.1 Å². The highest BCUT2D eigenvalue weighted by molar-refractivity contribution is 7.89. The van der Waals surface area contributed by atoms with Crippen molar-refractivity contribution in [3.8, 4) is 0 Å². The molecule has 0 unspecified atom stereocenters. The number of nitro groups is 1. The average molecular weight is 407 g/mol. The Balaban J connectivity index is 1.91. The second kappa shape index (κ2) is 7.92. The van der Waals surface area contributed by atoms with Crippen LogP contribution in [-0.4, -0.2) is 30.7 Å². The van der Waals surface area contributed by atoms with Crippen LogP contribution in [0, 0.1) is 22.0 Å². The molecule has 152 valence electrons. The Kier molecular flexibility index (Phi) is 5.76. The van der Waals surface area contributed by atoms with Gasteiger partial charge >= 0.3 is 0 Å². The van der Waals surface area contributed by atoms with Crippen LogP contribution in [0.5, 0.6) is 0 Å². The van der Waals surface area contributed by atoms with E-state index < -0.39 is 14.9 Å². The molecule has 1 saturated heterocycles. The van der Waals surface area contributed by atoms with Gasteiger partial charge in [0.1, 0.15) is 11.4 Å². The molecule has 2 aromatic rings. The molecule has 3 atom stereocenters. The van der Waals surface area contributed by atoms with E-state index in [0.29, 0.717) is 18.8 Å². The van der Waals surface area contributed by atoms with Crippen molar-refractivity contribution in [1.29, 1.82) is 0 Å². The van der Waals surface area contributed by atoms with Crippen LogP contribution in [0.4, 0.5) is 11.4 Å². The van der Waals surface area contributed by atoms with Crippen molar-refractivity contribution < 1.29 is 17.8 Å². The molecule has 0 bridgehead atoms. The fourth-order valence-corrected chi connectivity index (χ4v) is 5.44. The molecule has 1 aromatic heterocycles. The first-order chi connectivity index (χ1) is 13.2. The topological polar surface area (TPSA) is 106 Å². The predicted molar refractivity (Wildman–Crippen MR) is 106 cm³/mol. The van der Waals surface area contributed by atoms with E-state index in [9.17, 15) is 18.5 Å². The summed E-state index contributed by atoms with van der Waals surface area (Å²) in [6.45, 7) is 6.70. The Morgan fingerprint density at radius 3 is 2.50 bits per heavy atom. The summed E-state index contributed by atoms with van der Waals surface area (Å²) in [5.41, 5.74) is -0.0363.